The molecule has 0 radical (unpaired) electrons. The number of carbonyl (C=O) groups excluding carboxylic acids is 3. The number of ether oxygens (including phenoxy) is 3. The number of hydrogen-bond acceptors (Lipinski definition) is 6. The average molecular weight is 1130 g/mol. The molecule has 81 heavy (non-hydrogen) atoms. The summed E-state index contributed by atoms with van der Waals surface area (Å²) in [5.74, 6) is -0.852. The molecule has 0 fully saturated rings. The lowest BCUT2D eigenvalue weighted by Crippen LogP contribution is -2.30. The Morgan fingerprint density at radius 2 is 0.481 bits per heavy atom. The Kier molecular flexibility index (Phi) is 66.6. The van der Waals surface area contributed by atoms with Crippen molar-refractivity contribution in [3.8, 4) is 0 Å². The predicted molar refractivity (Wildman–Crippen MR) is 353 cm³/mol. The van der Waals surface area contributed by atoms with Gasteiger partial charge in [-0.1, -0.05) is 351 Å². The van der Waals surface area contributed by atoms with Crippen LogP contribution in [-0.4, -0.2) is 37.2 Å². The molecule has 0 N–H and O–H groups in total. The summed E-state index contributed by atoms with van der Waals surface area (Å²) < 4.78 is 16.9. The van der Waals surface area contributed by atoms with Gasteiger partial charge in [0.1, 0.15) is 13.2 Å². The molecule has 1 unspecified atom stereocenters. The highest BCUT2D eigenvalue weighted by Gasteiger charge is 2.19. The maximum absolute atomic E-state index is 12.9. The zero-order chi connectivity index (χ0) is 58.5. The Labute approximate surface area is 503 Å². The van der Waals surface area contributed by atoms with Crippen LogP contribution in [0.1, 0.15) is 367 Å². The molecular formula is C75H134O6. The smallest absolute Gasteiger partial charge is 0.306 e. The number of unbranched alkanes of at least 4 members (excludes halogenated alkanes) is 42. The predicted octanol–water partition coefficient (Wildman–Crippen LogP) is 24.4. The zero-order valence-electron chi connectivity index (χ0n) is 54.1. The fourth-order valence-corrected chi connectivity index (χ4v) is 10.5. The highest BCUT2D eigenvalue weighted by molar-refractivity contribution is 5.71. The number of rotatable bonds is 65. The molecule has 0 amide bonds. The van der Waals surface area contributed by atoms with E-state index in [4.69, 9.17) is 14.2 Å². The van der Waals surface area contributed by atoms with Crippen molar-refractivity contribution in [2.24, 2.45) is 0 Å². The van der Waals surface area contributed by atoms with Gasteiger partial charge in [0.25, 0.3) is 0 Å². The van der Waals surface area contributed by atoms with Gasteiger partial charge in [-0.05, 0) is 70.6 Å². The fraction of sp³-hybridized carbons (Fsp3) is 0.800. The van der Waals surface area contributed by atoms with E-state index in [0.29, 0.717) is 19.3 Å². The van der Waals surface area contributed by atoms with Crippen molar-refractivity contribution in [1.29, 1.82) is 0 Å². The molecule has 6 nitrogen and oxygen atoms in total. The molecule has 0 rings (SSSR count). The molecule has 470 valence electrons. The third kappa shape index (κ3) is 67.5. The number of carbonyl (C=O) groups is 3. The minimum Gasteiger partial charge on any atom is -0.462 e. The van der Waals surface area contributed by atoms with Gasteiger partial charge < -0.3 is 14.2 Å². The van der Waals surface area contributed by atoms with E-state index in [9.17, 15) is 14.4 Å². The summed E-state index contributed by atoms with van der Waals surface area (Å²) in [7, 11) is 0. The number of esters is 3. The van der Waals surface area contributed by atoms with Gasteiger partial charge in [-0.25, -0.2) is 0 Å². The van der Waals surface area contributed by atoms with Gasteiger partial charge >= 0.3 is 17.9 Å². The normalized spacial score (nSPS) is 12.5. The van der Waals surface area contributed by atoms with Crippen LogP contribution in [0.4, 0.5) is 0 Å². The molecule has 0 aliphatic rings. The first kappa shape index (κ1) is 77.9. The Hall–Kier alpha value is -3.15. The van der Waals surface area contributed by atoms with Crippen LogP contribution in [-0.2, 0) is 28.6 Å². The second-order valence-electron chi connectivity index (χ2n) is 23.8. The minimum absolute atomic E-state index is 0.0685. The fourth-order valence-electron chi connectivity index (χ4n) is 10.5. The summed E-state index contributed by atoms with van der Waals surface area (Å²) in [4.78, 5) is 38.2. The number of hydrogen-bond donors (Lipinski definition) is 0. The molecule has 0 spiro atoms. The van der Waals surface area contributed by atoms with Gasteiger partial charge in [0.15, 0.2) is 6.10 Å². The molecule has 6 heteroatoms. The van der Waals surface area contributed by atoms with E-state index >= 15 is 0 Å². The van der Waals surface area contributed by atoms with Crippen LogP contribution in [0.2, 0.25) is 0 Å². The van der Waals surface area contributed by atoms with E-state index in [1.165, 1.54) is 231 Å². The molecule has 1 atom stereocenters. The molecule has 0 bridgehead atoms. The Morgan fingerprint density at radius 3 is 0.753 bits per heavy atom. The van der Waals surface area contributed by atoms with E-state index in [0.717, 1.165) is 96.3 Å². The molecule has 0 aromatic carbocycles. The maximum atomic E-state index is 12.9. The van der Waals surface area contributed by atoms with Crippen molar-refractivity contribution < 1.29 is 28.6 Å². The topological polar surface area (TPSA) is 78.9 Å². The first-order valence-electron chi connectivity index (χ1n) is 35.4. The van der Waals surface area contributed by atoms with Crippen LogP contribution in [0, 0.1) is 0 Å². The molecule has 0 saturated carbocycles. The summed E-state index contributed by atoms with van der Waals surface area (Å²) in [6.07, 6.45) is 91.1. The monoisotopic (exact) mass is 1130 g/mol. The zero-order valence-corrected chi connectivity index (χ0v) is 54.1. The minimum atomic E-state index is -0.769. The van der Waals surface area contributed by atoms with Gasteiger partial charge in [-0.2, -0.15) is 0 Å². The summed E-state index contributed by atoms with van der Waals surface area (Å²) in [5, 5.41) is 0. The molecule has 0 heterocycles. The summed E-state index contributed by atoms with van der Waals surface area (Å²) in [6, 6.07) is 0. The average Bonchev–Trinajstić information content (AvgIpc) is 3.47. The lowest BCUT2D eigenvalue weighted by molar-refractivity contribution is -0.167. The van der Waals surface area contributed by atoms with Gasteiger partial charge in [-0.3, -0.25) is 14.4 Å². The standard InChI is InChI=1S/C75H134O6/c1-4-7-10-13-16-18-20-22-24-26-28-30-31-32-33-34-35-36-37-38-39-40-41-42-43-45-46-48-50-52-54-56-59-62-65-68-74(77)80-71-72(70-79-73(76)67-64-61-58-15-12-9-6-3)81-75(78)69-66-63-60-57-55-53-51-49-47-44-29-27-25-23-21-19-17-14-11-8-5-2/h7,10,16,18,22,24,28,30,32-33,35-36,72H,4-6,8-9,11-15,17,19-21,23,25-27,29,31,34,37-71H2,1-3H3/b10-7-,18-16-,24-22-,30-28-,33-32-,36-35-. The van der Waals surface area contributed by atoms with Crippen molar-refractivity contribution in [3.05, 3.63) is 72.9 Å². The third-order valence-corrected chi connectivity index (χ3v) is 15.7. The van der Waals surface area contributed by atoms with Crippen molar-refractivity contribution in [2.75, 3.05) is 13.2 Å². The van der Waals surface area contributed by atoms with Gasteiger partial charge in [0, 0.05) is 19.3 Å². The lowest BCUT2D eigenvalue weighted by atomic mass is 10.0. The highest BCUT2D eigenvalue weighted by atomic mass is 16.6. The summed E-state index contributed by atoms with van der Waals surface area (Å²) >= 11 is 0. The van der Waals surface area contributed by atoms with Gasteiger partial charge in [0.05, 0.1) is 0 Å². The molecule has 0 aliphatic heterocycles. The van der Waals surface area contributed by atoms with Crippen LogP contribution in [0.3, 0.4) is 0 Å². The van der Waals surface area contributed by atoms with Crippen LogP contribution in [0.25, 0.3) is 0 Å². The third-order valence-electron chi connectivity index (χ3n) is 15.7. The largest absolute Gasteiger partial charge is 0.462 e. The quantitative estimate of drug-likeness (QED) is 0.0261. The van der Waals surface area contributed by atoms with Crippen LogP contribution in [0.5, 0.6) is 0 Å². The van der Waals surface area contributed by atoms with Crippen molar-refractivity contribution in [2.45, 2.75) is 374 Å². The van der Waals surface area contributed by atoms with E-state index in [2.05, 4.69) is 93.7 Å². The van der Waals surface area contributed by atoms with Crippen LogP contribution >= 0.6 is 0 Å². The van der Waals surface area contributed by atoms with Crippen molar-refractivity contribution in [3.63, 3.8) is 0 Å². The molecule has 0 saturated heterocycles. The van der Waals surface area contributed by atoms with Gasteiger partial charge in [0.2, 0.25) is 0 Å². The second-order valence-corrected chi connectivity index (χ2v) is 23.8. The first-order valence-corrected chi connectivity index (χ1v) is 35.4. The van der Waals surface area contributed by atoms with E-state index in [1.54, 1.807) is 0 Å². The Balaban J connectivity index is 4.00. The van der Waals surface area contributed by atoms with Crippen LogP contribution in [0.15, 0.2) is 72.9 Å². The first-order chi connectivity index (χ1) is 40.0. The lowest BCUT2D eigenvalue weighted by Gasteiger charge is -2.18. The SMILES string of the molecule is CC/C=C\C/C=C\C/C=C\C/C=C\C/C=C\C/C=C\CCCCCCCCCCCCCCCCCCC(=O)OCC(COC(=O)CCCCCCCCC)OC(=O)CCCCCCCCCCCCCCCCCCCCCCC. The number of allylic oxidation sites excluding steroid dienone is 12. The Bertz CT molecular complexity index is 1490. The van der Waals surface area contributed by atoms with E-state index < -0.39 is 6.10 Å². The highest BCUT2D eigenvalue weighted by Crippen LogP contribution is 2.18. The Morgan fingerprint density at radius 1 is 0.259 bits per heavy atom. The molecular weight excluding hydrogens is 997 g/mol. The molecule has 0 aromatic heterocycles. The summed E-state index contributed by atoms with van der Waals surface area (Å²) in [6.45, 7) is 6.54. The van der Waals surface area contributed by atoms with E-state index in [1.807, 2.05) is 0 Å². The van der Waals surface area contributed by atoms with Gasteiger partial charge in [-0.15, -0.1) is 0 Å². The summed E-state index contributed by atoms with van der Waals surface area (Å²) in [5.41, 5.74) is 0. The van der Waals surface area contributed by atoms with E-state index in [-0.39, 0.29) is 31.1 Å². The maximum Gasteiger partial charge on any atom is 0.306 e. The molecule has 0 aliphatic carbocycles. The molecule has 0 aromatic rings. The van der Waals surface area contributed by atoms with Crippen LogP contribution < -0.4 is 0 Å². The second kappa shape index (κ2) is 69.3. The van der Waals surface area contributed by atoms with Crippen molar-refractivity contribution in [1.82, 2.24) is 0 Å². The van der Waals surface area contributed by atoms with Crippen molar-refractivity contribution >= 4 is 17.9 Å².